The molecule has 0 bridgehead atoms. The summed E-state index contributed by atoms with van der Waals surface area (Å²) in [5.41, 5.74) is 2.05. The van der Waals surface area contributed by atoms with E-state index in [1.54, 1.807) is 6.20 Å². The van der Waals surface area contributed by atoms with Crippen LogP contribution < -0.4 is 4.90 Å². The van der Waals surface area contributed by atoms with Crippen LogP contribution in [0.15, 0.2) is 36.5 Å². The zero-order chi connectivity index (χ0) is 13.8. The van der Waals surface area contributed by atoms with Crippen LogP contribution >= 0.6 is 0 Å². The second kappa shape index (κ2) is 5.68. The first kappa shape index (κ1) is 12.6. The Bertz CT molecular complexity index is 630. The molecule has 2 heterocycles. The molecule has 1 aliphatic heterocycles. The number of rotatable bonds is 2. The number of benzene rings is 1. The van der Waals surface area contributed by atoms with E-state index in [0.717, 1.165) is 24.3 Å². The van der Waals surface area contributed by atoms with Crippen LogP contribution in [0.2, 0.25) is 0 Å². The van der Waals surface area contributed by atoms with Crippen molar-refractivity contribution in [2.75, 3.05) is 31.2 Å². The van der Waals surface area contributed by atoms with E-state index >= 15 is 0 Å². The maximum absolute atomic E-state index is 9.31. The molecule has 2 aromatic rings. The summed E-state index contributed by atoms with van der Waals surface area (Å²) >= 11 is 0. The number of hydrogen-bond acceptors (Lipinski definition) is 5. The first-order valence-electron chi connectivity index (χ1n) is 6.54. The Morgan fingerprint density at radius 1 is 1.15 bits per heavy atom. The molecule has 1 saturated heterocycles. The highest BCUT2D eigenvalue weighted by Crippen LogP contribution is 2.21. The van der Waals surface area contributed by atoms with Gasteiger partial charge in [0.2, 0.25) is 0 Å². The molecule has 0 N–H and O–H groups in total. The molecule has 1 aromatic heterocycles. The first-order valence-corrected chi connectivity index (χ1v) is 6.54. The molecule has 5 heteroatoms. The van der Waals surface area contributed by atoms with Crippen molar-refractivity contribution >= 4 is 5.82 Å². The van der Waals surface area contributed by atoms with E-state index in [2.05, 4.69) is 16.0 Å². The molecule has 5 nitrogen and oxygen atoms in total. The zero-order valence-corrected chi connectivity index (χ0v) is 11.0. The van der Waals surface area contributed by atoms with Gasteiger partial charge in [-0.25, -0.2) is 9.97 Å². The van der Waals surface area contributed by atoms with Gasteiger partial charge in [-0.05, 0) is 0 Å². The van der Waals surface area contributed by atoms with Gasteiger partial charge in [0.1, 0.15) is 6.07 Å². The third-order valence-corrected chi connectivity index (χ3v) is 3.24. The lowest BCUT2D eigenvalue weighted by atomic mass is 10.1. The van der Waals surface area contributed by atoms with E-state index in [0.29, 0.717) is 24.7 Å². The molecule has 0 atom stereocenters. The smallest absolute Gasteiger partial charge is 0.183 e. The average Bonchev–Trinajstić information content (AvgIpc) is 2.56. The summed E-state index contributed by atoms with van der Waals surface area (Å²) in [6.45, 7) is 2.81. The molecular formula is C15H14N4O. The Kier molecular flexibility index (Phi) is 3.57. The third kappa shape index (κ3) is 2.46. The standard InChI is InChI=1S/C15H14N4O/c16-10-13-15(19-6-8-20-9-7-19)17-11-14(18-13)12-4-2-1-3-5-12/h1-5,11H,6-9H2. The van der Waals surface area contributed by atoms with Crippen LogP contribution in [0.4, 0.5) is 5.82 Å². The number of anilines is 1. The van der Waals surface area contributed by atoms with Crippen molar-refractivity contribution in [1.29, 1.82) is 5.26 Å². The van der Waals surface area contributed by atoms with Crippen molar-refractivity contribution in [3.8, 4) is 17.3 Å². The van der Waals surface area contributed by atoms with Crippen LogP contribution in [-0.4, -0.2) is 36.3 Å². The third-order valence-electron chi connectivity index (χ3n) is 3.24. The van der Waals surface area contributed by atoms with Crippen molar-refractivity contribution in [3.05, 3.63) is 42.2 Å². The van der Waals surface area contributed by atoms with Gasteiger partial charge in [0.15, 0.2) is 11.5 Å². The Morgan fingerprint density at radius 2 is 1.90 bits per heavy atom. The van der Waals surface area contributed by atoms with Gasteiger partial charge in [-0.3, -0.25) is 0 Å². The molecule has 0 amide bonds. The molecule has 0 spiro atoms. The van der Waals surface area contributed by atoms with Crippen molar-refractivity contribution in [2.45, 2.75) is 0 Å². The van der Waals surface area contributed by atoms with Gasteiger partial charge in [-0.15, -0.1) is 0 Å². The molecule has 20 heavy (non-hydrogen) atoms. The minimum Gasteiger partial charge on any atom is -0.378 e. The maximum Gasteiger partial charge on any atom is 0.183 e. The van der Waals surface area contributed by atoms with E-state index in [9.17, 15) is 5.26 Å². The lowest BCUT2D eigenvalue weighted by molar-refractivity contribution is 0.122. The minimum absolute atomic E-state index is 0.369. The monoisotopic (exact) mass is 266 g/mol. The predicted octanol–water partition coefficient (Wildman–Crippen LogP) is 1.85. The van der Waals surface area contributed by atoms with E-state index in [1.807, 2.05) is 35.2 Å². The van der Waals surface area contributed by atoms with E-state index < -0.39 is 0 Å². The van der Waals surface area contributed by atoms with E-state index in [-0.39, 0.29) is 0 Å². The summed E-state index contributed by atoms with van der Waals surface area (Å²) < 4.78 is 5.31. The fourth-order valence-electron chi connectivity index (χ4n) is 2.21. The molecule has 0 radical (unpaired) electrons. The topological polar surface area (TPSA) is 62.0 Å². The van der Waals surface area contributed by atoms with Gasteiger partial charge < -0.3 is 9.64 Å². The molecule has 0 saturated carbocycles. The summed E-state index contributed by atoms with van der Waals surface area (Å²) in [5.74, 6) is 0.649. The number of nitrogens with zero attached hydrogens (tertiary/aromatic N) is 4. The molecule has 100 valence electrons. The fraction of sp³-hybridized carbons (Fsp3) is 0.267. The second-order valence-corrected chi connectivity index (χ2v) is 4.50. The summed E-state index contributed by atoms with van der Waals surface area (Å²) in [6, 6.07) is 11.9. The highest BCUT2D eigenvalue weighted by atomic mass is 16.5. The molecule has 1 aromatic carbocycles. The SMILES string of the molecule is N#Cc1nc(-c2ccccc2)cnc1N1CCOCC1. The lowest BCUT2D eigenvalue weighted by Gasteiger charge is -2.28. The van der Waals surface area contributed by atoms with Crippen LogP contribution in [0.3, 0.4) is 0 Å². The average molecular weight is 266 g/mol. The Labute approximate surface area is 117 Å². The number of ether oxygens (including phenoxy) is 1. The number of morpholine rings is 1. The molecule has 1 fully saturated rings. The van der Waals surface area contributed by atoms with Gasteiger partial charge >= 0.3 is 0 Å². The van der Waals surface area contributed by atoms with E-state index in [4.69, 9.17) is 4.74 Å². The summed E-state index contributed by atoms with van der Waals surface area (Å²) in [5, 5.41) is 9.31. The summed E-state index contributed by atoms with van der Waals surface area (Å²) in [6.07, 6.45) is 1.72. The number of aromatic nitrogens is 2. The first-order chi connectivity index (χ1) is 9.88. The van der Waals surface area contributed by atoms with Crippen molar-refractivity contribution in [3.63, 3.8) is 0 Å². The van der Waals surface area contributed by atoms with Crippen molar-refractivity contribution in [2.24, 2.45) is 0 Å². The van der Waals surface area contributed by atoms with Gasteiger partial charge in [0, 0.05) is 18.7 Å². The molecule has 0 aliphatic carbocycles. The highest BCUT2D eigenvalue weighted by Gasteiger charge is 2.17. The quantitative estimate of drug-likeness (QED) is 0.830. The fourth-order valence-corrected chi connectivity index (χ4v) is 2.21. The van der Waals surface area contributed by atoms with Gasteiger partial charge in [-0.1, -0.05) is 30.3 Å². The van der Waals surface area contributed by atoms with Crippen LogP contribution in [0.5, 0.6) is 0 Å². The minimum atomic E-state index is 0.369. The summed E-state index contributed by atoms with van der Waals surface area (Å²) in [7, 11) is 0. The summed E-state index contributed by atoms with van der Waals surface area (Å²) in [4.78, 5) is 10.9. The largest absolute Gasteiger partial charge is 0.378 e. The van der Waals surface area contributed by atoms with Gasteiger partial charge in [0.25, 0.3) is 0 Å². The van der Waals surface area contributed by atoms with Crippen molar-refractivity contribution < 1.29 is 4.74 Å². The van der Waals surface area contributed by atoms with Crippen LogP contribution in [0, 0.1) is 11.3 Å². The normalized spacial score (nSPS) is 14.8. The van der Waals surface area contributed by atoms with Crippen molar-refractivity contribution in [1.82, 2.24) is 9.97 Å². The van der Waals surface area contributed by atoms with Crippen LogP contribution in [-0.2, 0) is 4.74 Å². The Hall–Kier alpha value is -2.45. The maximum atomic E-state index is 9.31. The predicted molar refractivity (Wildman–Crippen MR) is 75.2 cm³/mol. The second-order valence-electron chi connectivity index (χ2n) is 4.50. The zero-order valence-electron chi connectivity index (χ0n) is 11.0. The van der Waals surface area contributed by atoms with Crippen LogP contribution in [0.25, 0.3) is 11.3 Å². The molecule has 0 unspecified atom stereocenters. The Morgan fingerprint density at radius 3 is 2.60 bits per heavy atom. The molecular weight excluding hydrogens is 252 g/mol. The van der Waals surface area contributed by atoms with Gasteiger partial charge in [-0.2, -0.15) is 5.26 Å². The van der Waals surface area contributed by atoms with Crippen LogP contribution in [0.1, 0.15) is 5.69 Å². The molecule has 3 rings (SSSR count). The lowest BCUT2D eigenvalue weighted by Crippen LogP contribution is -2.37. The van der Waals surface area contributed by atoms with E-state index in [1.165, 1.54) is 0 Å². The Balaban J connectivity index is 1.96. The highest BCUT2D eigenvalue weighted by molar-refractivity contribution is 5.62. The molecule has 1 aliphatic rings. The van der Waals surface area contributed by atoms with Gasteiger partial charge in [0.05, 0.1) is 25.1 Å². The number of hydrogen-bond donors (Lipinski definition) is 0. The number of nitriles is 1.